The van der Waals surface area contributed by atoms with Gasteiger partial charge in [-0.1, -0.05) is 66.2 Å². The Labute approximate surface area is 234 Å². The standard InChI is InChI=1S/C32H22ClNO4S/c1-38-21-7-4-6-19(17-21)27-28(29(35)25-10-5-15-39-25)34-24-13-12-20(33)16-18(24)11-14-26(34)32(27)30(36)22-8-2-3-9-23(22)31(32)37/h2-17,26-28H,1H3/t26-,27-,28+/m0/s1. The van der Waals surface area contributed by atoms with Crippen LogP contribution in [0.2, 0.25) is 5.02 Å². The molecule has 0 bridgehead atoms. The summed E-state index contributed by atoms with van der Waals surface area (Å²) in [4.78, 5) is 46.2. The largest absolute Gasteiger partial charge is 0.497 e. The number of halogens is 1. The number of ether oxygens (including phenoxy) is 1. The molecule has 3 aliphatic rings. The van der Waals surface area contributed by atoms with Crippen LogP contribution in [0.25, 0.3) is 6.08 Å². The lowest BCUT2D eigenvalue weighted by molar-refractivity contribution is 0.0666. The van der Waals surface area contributed by atoms with Crippen molar-refractivity contribution in [2.24, 2.45) is 5.41 Å². The van der Waals surface area contributed by atoms with Crippen molar-refractivity contribution < 1.29 is 19.1 Å². The Balaban J connectivity index is 1.56. The molecular weight excluding hydrogens is 530 g/mol. The fourth-order valence-corrected chi connectivity index (χ4v) is 7.60. The van der Waals surface area contributed by atoms with Gasteiger partial charge in [0.25, 0.3) is 0 Å². The minimum absolute atomic E-state index is 0.132. The maximum atomic E-state index is 14.6. The summed E-state index contributed by atoms with van der Waals surface area (Å²) < 4.78 is 5.54. The lowest BCUT2D eigenvalue weighted by Crippen LogP contribution is -2.48. The van der Waals surface area contributed by atoms with Crippen LogP contribution >= 0.6 is 22.9 Å². The maximum absolute atomic E-state index is 14.6. The number of hydrogen-bond acceptors (Lipinski definition) is 6. The van der Waals surface area contributed by atoms with Gasteiger partial charge in [-0.05, 0) is 52.9 Å². The SMILES string of the molecule is COc1cccc([C@H]2[C@H](C(=O)c3cccs3)N3c4ccc(Cl)cc4C=C[C@H]3C23C(=O)c2ccccc2C3=O)c1. The predicted octanol–water partition coefficient (Wildman–Crippen LogP) is 6.73. The zero-order valence-electron chi connectivity index (χ0n) is 20.8. The minimum atomic E-state index is -1.54. The molecule has 2 aliphatic heterocycles. The van der Waals surface area contributed by atoms with Gasteiger partial charge in [-0.25, -0.2) is 0 Å². The molecule has 5 nitrogen and oxygen atoms in total. The summed E-state index contributed by atoms with van der Waals surface area (Å²) in [6.07, 6.45) is 3.81. The predicted molar refractivity (Wildman–Crippen MR) is 152 cm³/mol. The first-order valence-electron chi connectivity index (χ1n) is 12.6. The summed E-state index contributed by atoms with van der Waals surface area (Å²) in [5.74, 6) is -0.824. The second-order valence-electron chi connectivity index (χ2n) is 10.0. The smallest absolute Gasteiger partial charge is 0.195 e. The van der Waals surface area contributed by atoms with Crippen LogP contribution in [0.1, 0.15) is 47.4 Å². The number of ketones is 3. The van der Waals surface area contributed by atoms with Gasteiger partial charge < -0.3 is 9.64 Å². The van der Waals surface area contributed by atoms with E-state index in [1.54, 1.807) is 43.5 Å². The number of fused-ring (bicyclic) bond motifs is 5. The molecule has 0 N–H and O–H groups in total. The van der Waals surface area contributed by atoms with Gasteiger partial charge in [-0.2, -0.15) is 0 Å². The Hall–Kier alpha value is -4.00. The Morgan fingerprint density at radius 2 is 1.72 bits per heavy atom. The number of carbonyl (C=O) groups excluding carboxylic acids is 3. The highest BCUT2D eigenvalue weighted by atomic mass is 35.5. The van der Waals surface area contributed by atoms with Crippen molar-refractivity contribution in [1.29, 1.82) is 0 Å². The van der Waals surface area contributed by atoms with Crippen molar-refractivity contribution in [3.05, 3.63) is 122 Å². The molecular formula is C32H22ClNO4S. The molecule has 3 aromatic carbocycles. The molecule has 1 spiro atoms. The van der Waals surface area contributed by atoms with E-state index in [1.807, 2.05) is 64.9 Å². The third kappa shape index (κ3) is 3.22. The summed E-state index contributed by atoms with van der Waals surface area (Å²) in [5, 5.41) is 2.43. The topological polar surface area (TPSA) is 63.7 Å². The van der Waals surface area contributed by atoms with E-state index in [0.29, 0.717) is 32.3 Å². The van der Waals surface area contributed by atoms with E-state index in [2.05, 4.69) is 0 Å². The number of Topliss-reactive ketones (excluding diaryl/α,β-unsaturated/α-hetero) is 3. The zero-order valence-corrected chi connectivity index (χ0v) is 22.4. The zero-order chi connectivity index (χ0) is 26.9. The second kappa shape index (κ2) is 8.76. The van der Waals surface area contributed by atoms with E-state index in [0.717, 1.165) is 11.3 Å². The Bertz CT molecular complexity index is 1670. The van der Waals surface area contributed by atoms with E-state index in [-0.39, 0.29) is 17.3 Å². The molecule has 0 radical (unpaired) electrons. The van der Waals surface area contributed by atoms with Crippen molar-refractivity contribution >= 4 is 52.1 Å². The van der Waals surface area contributed by atoms with Gasteiger partial charge in [0.1, 0.15) is 17.2 Å². The lowest BCUT2D eigenvalue weighted by atomic mass is 9.64. The highest BCUT2D eigenvalue weighted by molar-refractivity contribution is 7.12. The van der Waals surface area contributed by atoms with Gasteiger partial charge >= 0.3 is 0 Å². The van der Waals surface area contributed by atoms with Crippen molar-refractivity contribution in [1.82, 2.24) is 0 Å². The van der Waals surface area contributed by atoms with Crippen LogP contribution in [0.15, 0.2) is 90.3 Å². The van der Waals surface area contributed by atoms with Gasteiger partial charge in [-0.3, -0.25) is 14.4 Å². The summed E-state index contributed by atoms with van der Waals surface area (Å²) in [6, 6.07) is 22.0. The average Bonchev–Trinajstić information content (AvgIpc) is 3.66. The van der Waals surface area contributed by atoms with Crippen LogP contribution in [0, 0.1) is 5.41 Å². The van der Waals surface area contributed by atoms with E-state index >= 15 is 0 Å². The van der Waals surface area contributed by atoms with Crippen LogP contribution in [-0.2, 0) is 0 Å². The number of anilines is 1. The molecule has 1 saturated heterocycles. The highest BCUT2D eigenvalue weighted by Gasteiger charge is 2.71. The van der Waals surface area contributed by atoms with Crippen LogP contribution < -0.4 is 9.64 Å². The Kier molecular flexibility index (Phi) is 5.41. The third-order valence-corrected chi connectivity index (χ3v) is 9.37. The van der Waals surface area contributed by atoms with Gasteiger partial charge in [0, 0.05) is 27.8 Å². The van der Waals surface area contributed by atoms with E-state index in [1.165, 1.54) is 11.3 Å². The van der Waals surface area contributed by atoms with Gasteiger partial charge in [0.15, 0.2) is 17.3 Å². The summed E-state index contributed by atoms with van der Waals surface area (Å²) in [5.41, 5.74) is 1.56. The third-order valence-electron chi connectivity index (χ3n) is 8.25. The van der Waals surface area contributed by atoms with Crippen molar-refractivity contribution in [2.75, 3.05) is 12.0 Å². The summed E-state index contributed by atoms with van der Waals surface area (Å²) in [7, 11) is 1.57. The van der Waals surface area contributed by atoms with Crippen molar-refractivity contribution in [3.63, 3.8) is 0 Å². The van der Waals surface area contributed by atoms with Gasteiger partial charge in [0.2, 0.25) is 0 Å². The lowest BCUT2D eigenvalue weighted by Gasteiger charge is -2.37. The van der Waals surface area contributed by atoms with E-state index in [9.17, 15) is 14.4 Å². The number of carbonyl (C=O) groups is 3. The Morgan fingerprint density at radius 3 is 2.41 bits per heavy atom. The number of thiophene rings is 1. The van der Waals surface area contributed by atoms with Gasteiger partial charge in [0.05, 0.1) is 18.0 Å². The first kappa shape index (κ1) is 24.1. The first-order chi connectivity index (χ1) is 19.0. The second-order valence-corrected chi connectivity index (χ2v) is 11.4. The van der Waals surface area contributed by atoms with E-state index < -0.39 is 23.4 Å². The van der Waals surface area contributed by atoms with Crippen LogP contribution in [0.4, 0.5) is 5.69 Å². The molecule has 0 unspecified atom stereocenters. The molecule has 3 heterocycles. The fraction of sp³-hybridized carbons (Fsp3) is 0.156. The molecule has 39 heavy (non-hydrogen) atoms. The number of rotatable bonds is 4. The average molecular weight is 552 g/mol. The molecule has 7 heteroatoms. The molecule has 3 atom stereocenters. The van der Waals surface area contributed by atoms with Crippen LogP contribution in [0.5, 0.6) is 5.75 Å². The molecule has 7 rings (SSSR count). The highest BCUT2D eigenvalue weighted by Crippen LogP contribution is 2.61. The number of benzene rings is 3. The normalized spacial score (nSPS) is 22.1. The molecule has 1 aliphatic carbocycles. The van der Waals surface area contributed by atoms with Crippen molar-refractivity contribution in [2.45, 2.75) is 18.0 Å². The quantitative estimate of drug-likeness (QED) is 0.208. The fourth-order valence-electron chi connectivity index (χ4n) is 6.72. The maximum Gasteiger partial charge on any atom is 0.195 e. The molecule has 192 valence electrons. The molecule has 0 saturated carbocycles. The number of methoxy groups -OCH3 is 1. The number of nitrogens with zero attached hydrogens (tertiary/aromatic N) is 1. The monoisotopic (exact) mass is 551 g/mol. The van der Waals surface area contributed by atoms with Crippen LogP contribution in [-0.4, -0.2) is 36.5 Å². The molecule has 1 aromatic heterocycles. The number of hydrogen-bond donors (Lipinski definition) is 0. The molecule has 1 fully saturated rings. The minimum Gasteiger partial charge on any atom is -0.497 e. The molecule has 4 aromatic rings. The first-order valence-corrected chi connectivity index (χ1v) is 13.9. The Morgan fingerprint density at radius 1 is 0.949 bits per heavy atom. The van der Waals surface area contributed by atoms with Gasteiger partial charge in [-0.15, -0.1) is 11.3 Å². The van der Waals surface area contributed by atoms with Crippen LogP contribution in [0.3, 0.4) is 0 Å². The summed E-state index contributed by atoms with van der Waals surface area (Å²) in [6.45, 7) is 0. The summed E-state index contributed by atoms with van der Waals surface area (Å²) >= 11 is 7.70. The van der Waals surface area contributed by atoms with Crippen molar-refractivity contribution in [3.8, 4) is 5.75 Å². The van der Waals surface area contributed by atoms with E-state index in [4.69, 9.17) is 16.3 Å². The molecule has 0 amide bonds.